The second kappa shape index (κ2) is 7.17. The summed E-state index contributed by atoms with van der Waals surface area (Å²) in [5, 5.41) is 11.7. The number of aromatic nitrogens is 2. The first-order chi connectivity index (χ1) is 10.7. The lowest BCUT2D eigenvalue weighted by molar-refractivity contribution is -0.122. The Kier molecular flexibility index (Phi) is 5.67. The molecule has 0 bridgehead atoms. The maximum Gasteiger partial charge on any atom is 0.233 e. The van der Waals surface area contributed by atoms with Crippen molar-refractivity contribution in [3.05, 3.63) is 0 Å². The summed E-state index contributed by atoms with van der Waals surface area (Å²) < 4.78 is 0.712. The molecule has 0 aromatic carbocycles. The molecule has 6 nitrogen and oxygen atoms in total. The van der Waals surface area contributed by atoms with Crippen molar-refractivity contribution >= 4 is 40.0 Å². The number of hydrogen-bond donors (Lipinski definition) is 1. The molecule has 1 fully saturated rings. The molecule has 2 rings (SSSR count). The number of amides is 2. The fourth-order valence-electron chi connectivity index (χ4n) is 1.96. The maximum absolute atomic E-state index is 12.2. The summed E-state index contributed by atoms with van der Waals surface area (Å²) in [7, 11) is 0. The third-order valence-corrected chi connectivity index (χ3v) is 5.95. The summed E-state index contributed by atoms with van der Waals surface area (Å²) in [6, 6.07) is 0.268. The van der Waals surface area contributed by atoms with E-state index in [9.17, 15) is 9.59 Å². The Morgan fingerprint density at radius 1 is 1.43 bits per heavy atom. The third-order valence-electron chi connectivity index (χ3n) is 3.85. The van der Waals surface area contributed by atoms with E-state index in [-0.39, 0.29) is 28.6 Å². The third kappa shape index (κ3) is 4.91. The zero-order chi connectivity index (χ0) is 17.2. The number of rotatable bonds is 7. The summed E-state index contributed by atoms with van der Waals surface area (Å²) >= 11 is 2.75. The first-order valence-corrected chi connectivity index (χ1v) is 9.55. The molecular weight excluding hydrogens is 332 g/mol. The number of thioether (sulfide) groups is 1. The van der Waals surface area contributed by atoms with Gasteiger partial charge in [-0.2, -0.15) is 0 Å². The van der Waals surface area contributed by atoms with Crippen molar-refractivity contribution < 1.29 is 9.59 Å². The zero-order valence-electron chi connectivity index (χ0n) is 14.3. The Labute approximate surface area is 145 Å². The van der Waals surface area contributed by atoms with E-state index in [1.54, 1.807) is 11.8 Å². The van der Waals surface area contributed by atoms with E-state index in [1.807, 2.05) is 27.7 Å². The van der Waals surface area contributed by atoms with Gasteiger partial charge < -0.3 is 5.32 Å². The van der Waals surface area contributed by atoms with Crippen LogP contribution in [0.3, 0.4) is 0 Å². The van der Waals surface area contributed by atoms with Gasteiger partial charge in [0.25, 0.3) is 0 Å². The van der Waals surface area contributed by atoms with Crippen LogP contribution >= 0.6 is 23.1 Å². The molecule has 128 valence electrons. The minimum Gasteiger partial charge on any atom is -0.350 e. The number of nitrogens with one attached hydrogen (secondary N) is 1. The number of carbonyl (C=O) groups is 2. The normalized spacial score (nSPS) is 16.0. The van der Waals surface area contributed by atoms with E-state index in [0.29, 0.717) is 9.47 Å². The Bertz CT molecular complexity index is 584. The largest absolute Gasteiger partial charge is 0.350 e. The Morgan fingerprint density at radius 2 is 2.09 bits per heavy atom. The van der Waals surface area contributed by atoms with Crippen LogP contribution in [0.15, 0.2) is 4.34 Å². The summed E-state index contributed by atoms with van der Waals surface area (Å²) in [5.41, 5.74) is -0.213. The smallest absolute Gasteiger partial charge is 0.233 e. The molecule has 23 heavy (non-hydrogen) atoms. The van der Waals surface area contributed by atoms with E-state index >= 15 is 0 Å². The molecule has 1 aromatic rings. The van der Waals surface area contributed by atoms with Gasteiger partial charge >= 0.3 is 0 Å². The van der Waals surface area contributed by atoms with Crippen molar-refractivity contribution in [2.75, 3.05) is 4.90 Å². The van der Waals surface area contributed by atoms with Crippen molar-refractivity contribution in [3.8, 4) is 0 Å². The van der Waals surface area contributed by atoms with E-state index in [1.165, 1.54) is 23.1 Å². The Balaban J connectivity index is 1.98. The highest BCUT2D eigenvalue weighted by Crippen LogP contribution is 2.36. The first kappa shape index (κ1) is 18.2. The highest BCUT2D eigenvalue weighted by atomic mass is 32.2. The highest BCUT2D eigenvalue weighted by molar-refractivity contribution is 8.02. The van der Waals surface area contributed by atoms with Gasteiger partial charge in [-0.25, -0.2) is 0 Å². The van der Waals surface area contributed by atoms with Gasteiger partial charge in [0.2, 0.25) is 16.9 Å². The van der Waals surface area contributed by atoms with Crippen molar-refractivity contribution in [3.63, 3.8) is 0 Å². The van der Waals surface area contributed by atoms with E-state index < -0.39 is 0 Å². The number of nitrogens with zero attached hydrogens (tertiary/aromatic N) is 3. The van der Waals surface area contributed by atoms with Gasteiger partial charge in [0.1, 0.15) is 0 Å². The SMILES string of the molecule is CCC(C)(C)NC(=O)C(C)Sc1nnc(N(C(C)=O)C2CC2)s1. The second-order valence-electron chi connectivity index (χ2n) is 6.46. The summed E-state index contributed by atoms with van der Waals surface area (Å²) in [5.74, 6) is -0.0140. The van der Waals surface area contributed by atoms with Crippen LogP contribution in [0.5, 0.6) is 0 Å². The molecule has 1 atom stereocenters. The molecule has 1 aliphatic carbocycles. The highest BCUT2D eigenvalue weighted by Gasteiger charge is 2.34. The molecule has 1 unspecified atom stereocenters. The van der Waals surface area contributed by atoms with Crippen LogP contribution < -0.4 is 10.2 Å². The van der Waals surface area contributed by atoms with Crippen LogP contribution in [-0.4, -0.2) is 38.8 Å². The van der Waals surface area contributed by atoms with Crippen molar-refractivity contribution in [1.82, 2.24) is 15.5 Å². The minimum absolute atomic E-state index is 0.00399. The average molecular weight is 357 g/mol. The molecule has 1 aromatic heterocycles. The Morgan fingerprint density at radius 3 is 2.61 bits per heavy atom. The van der Waals surface area contributed by atoms with Gasteiger partial charge in [-0.3, -0.25) is 14.5 Å². The molecule has 8 heteroatoms. The topological polar surface area (TPSA) is 75.2 Å². The van der Waals surface area contributed by atoms with Crippen LogP contribution in [0.1, 0.15) is 53.9 Å². The van der Waals surface area contributed by atoms with Crippen LogP contribution in [0.2, 0.25) is 0 Å². The molecular formula is C15H24N4O2S2. The summed E-state index contributed by atoms with van der Waals surface area (Å²) in [6.07, 6.45) is 2.91. The van der Waals surface area contributed by atoms with Gasteiger partial charge in [-0.05, 0) is 40.0 Å². The lowest BCUT2D eigenvalue weighted by atomic mass is 10.0. The van der Waals surface area contributed by atoms with Gasteiger partial charge in [0.05, 0.1) is 5.25 Å². The monoisotopic (exact) mass is 356 g/mol. The van der Waals surface area contributed by atoms with Crippen LogP contribution in [0.4, 0.5) is 5.13 Å². The molecule has 0 radical (unpaired) electrons. The molecule has 1 N–H and O–H groups in total. The maximum atomic E-state index is 12.2. The molecule has 1 aliphatic rings. The van der Waals surface area contributed by atoms with Crippen LogP contribution in [-0.2, 0) is 9.59 Å². The second-order valence-corrected chi connectivity index (χ2v) is 9.00. The fraction of sp³-hybridized carbons (Fsp3) is 0.733. The predicted octanol–water partition coefficient (Wildman–Crippen LogP) is 2.84. The molecule has 1 heterocycles. The molecule has 2 amide bonds. The molecule has 1 saturated carbocycles. The van der Waals surface area contributed by atoms with Crippen LogP contribution in [0, 0.1) is 0 Å². The summed E-state index contributed by atoms with van der Waals surface area (Å²) in [4.78, 5) is 25.7. The standard InChI is InChI=1S/C15H24N4O2S2/c1-6-15(4,5)16-12(21)9(2)22-14-18-17-13(23-14)19(10(3)20)11-7-8-11/h9,11H,6-8H2,1-5H3,(H,16,21). The number of hydrogen-bond acceptors (Lipinski definition) is 6. The van der Waals surface area contributed by atoms with Gasteiger partial charge in [-0.15, -0.1) is 10.2 Å². The fourth-order valence-corrected chi connectivity index (χ4v) is 4.06. The quantitative estimate of drug-likeness (QED) is 0.600. The van der Waals surface area contributed by atoms with Gasteiger partial charge in [0.15, 0.2) is 4.34 Å². The molecule has 0 saturated heterocycles. The van der Waals surface area contributed by atoms with E-state index in [0.717, 1.165) is 19.3 Å². The van der Waals surface area contributed by atoms with E-state index in [4.69, 9.17) is 0 Å². The number of carbonyl (C=O) groups excluding carboxylic acids is 2. The van der Waals surface area contributed by atoms with Gasteiger partial charge in [0, 0.05) is 18.5 Å². The lowest BCUT2D eigenvalue weighted by Crippen LogP contribution is -2.46. The van der Waals surface area contributed by atoms with Crippen molar-refractivity contribution in [1.29, 1.82) is 0 Å². The van der Waals surface area contributed by atoms with Gasteiger partial charge in [-0.1, -0.05) is 30.0 Å². The predicted molar refractivity (Wildman–Crippen MR) is 93.9 cm³/mol. The lowest BCUT2D eigenvalue weighted by Gasteiger charge is -2.26. The first-order valence-electron chi connectivity index (χ1n) is 7.85. The molecule has 0 spiro atoms. The average Bonchev–Trinajstić information content (AvgIpc) is 3.18. The Hall–Kier alpha value is -1.15. The van der Waals surface area contributed by atoms with Crippen molar-refractivity contribution in [2.24, 2.45) is 0 Å². The van der Waals surface area contributed by atoms with Crippen molar-refractivity contribution in [2.45, 2.75) is 75.1 Å². The minimum atomic E-state index is -0.256. The van der Waals surface area contributed by atoms with Crippen LogP contribution in [0.25, 0.3) is 0 Å². The zero-order valence-corrected chi connectivity index (χ0v) is 15.9. The summed E-state index contributed by atoms with van der Waals surface area (Å²) in [6.45, 7) is 9.46. The molecule has 0 aliphatic heterocycles. The number of anilines is 1. The van der Waals surface area contributed by atoms with E-state index in [2.05, 4.69) is 15.5 Å².